The normalized spacial score (nSPS) is 19.5. The Labute approximate surface area is 194 Å². The minimum atomic E-state index is -1.13. The molecule has 2 atom stereocenters. The summed E-state index contributed by atoms with van der Waals surface area (Å²) < 4.78 is 46.3. The maximum atomic E-state index is 14.6. The number of benzene rings is 2. The van der Waals surface area contributed by atoms with Crippen LogP contribution in [0.2, 0.25) is 0 Å². The highest BCUT2D eigenvalue weighted by molar-refractivity contribution is 8.15. The Morgan fingerprint density at radius 1 is 1.27 bits per heavy atom. The maximum Gasteiger partial charge on any atom is 0.273 e. The number of amidine groups is 1. The van der Waals surface area contributed by atoms with Crippen molar-refractivity contribution in [2.75, 3.05) is 20.3 Å². The van der Waals surface area contributed by atoms with Gasteiger partial charge in [-0.15, -0.1) is 0 Å². The summed E-state index contributed by atoms with van der Waals surface area (Å²) in [6, 6.07) is 12.2. The van der Waals surface area contributed by atoms with Gasteiger partial charge in [0.15, 0.2) is 0 Å². The van der Waals surface area contributed by atoms with Gasteiger partial charge in [-0.2, -0.15) is 5.10 Å². The molecule has 2 aromatic carbocycles. The summed E-state index contributed by atoms with van der Waals surface area (Å²) in [7, 11) is 1.40. The molecular formula is C23H25F3N4O2S. The lowest BCUT2D eigenvalue weighted by molar-refractivity contribution is -0.144. The van der Waals surface area contributed by atoms with Crippen molar-refractivity contribution in [2.45, 2.75) is 30.7 Å². The number of methoxy groups -OCH3 is 1. The van der Waals surface area contributed by atoms with E-state index in [0.717, 1.165) is 30.0 Å². The number of hydrogen-bond acceptors (Lipinski definition) is 5. The van der Waals surface area contributed by atoms with Crippen LogP contribution in [0, 0.1) is 11.6 Å². The molecule has 6 nitrogen and oxygen atoms in total. The van der Waals surface area contributed by atoms with Gasteiger partial charge < -0.3 is 10.5 Å². The van der Waals surface area contributed by atoms with Gasteiger partial charge in [-0.25, -0.2) is 18.2 Å². The molecule has 1 heterocycles. The fourth-order valence-corrected chi connectivity index (χ4v) is 4.79. The van der Waals surface area contributed by atoms with Crippen LogP contribution in [0.1, 0.15) is 30.9 Å². The first-order chi connectivity index (χ1) is 15.8. The number of alkyl halides is 1. The summed E-state index contributed by atoms with van der Waals surface area (Å²) in [5.74, 6) is -1.53. The molecule has 0 bridgehead atoms. The van der Waals surface area contributed by atoms with Crippen molar-refractivity contribution in [1.82, 2.24) is 5.01 Å². The summed E-state index contributed by atoms with van der Waals surface area (Å²) in [5.41, 5.74) is 6.62. The lowest BCUT2D eigenvalue weighted by Gasteiger charge is -2.36. The zero-order valence-electron chi connectivity index (χ0n) is 18.3. The fourth-order valence-electron chi connectivity index (χ4n) is 3.41. The first-order valence-electron chi connectivity index (χ1n) is 10.3. The van der Waals surface area contributed by atoms with E-state index in [0.29, 0.717) is 5.56 Å². The molecule has 0 saturated carbocycles. The van der Waals surface area contributed by atoms with Crippen molar-refractivity contribution in [2.24, 2.45) is 15.8 Å². The highest BCUT2D eigenvalue weighted by atomic mass is 32.2. The molecular weight excluding hydrogens is 453 g/mol. The van der Waals surface area contributed by atoms with Crippen LogP contribution < -0.4 is 5.73 Å². The molecule has 0 fully saturated rings. The highest BCUT2D eigenvalue weighted by Crippen LogP contribution is 2.51. The number of ether oxygens (including phenoxy) is 1. The number of amides is 1. The highest BCUT2D eigenvalue weighted by Gasteiger charge is 2.49. The Bertz CT molecular complexity index is 1050. The Morgan fingerprint density at radius 3 is 2.67 bits per heavy atom. The Balaban J connectivity index is 2.12. The van der Waals surface area contributed by atoms with Crippen LogP contribution in [0.4, 0.5) is 13.2 Å². The number of nitrogens with zero attached hydrogens (tertiary/aromatic N) is 3. The van der Waals surface area contributed by atoms with E-state index in [1.54, 1.807) is 19.1 Å². The number of aliphatic imine (C=N–C) groups is 1. The van der Waals surface area contributed by atoms with Gasteiger partial charge in [0.1, 0.15) is 34.3 Å². The van der Waals surface area contributed by atoms with Crippen molar-refractivity contribution in [3.63, 3.8) is 0 Å². The molecule has 1 aliphatic heterocycles. The number of thioether (sulfide) groups is 1. The smallest absolute Gasteiger partial charge is 0.273 e. The predicted molar refractivity (Wildman–Crippen MR) is 124 cm³/mol. The van der Waals surface area contributed by atoms with Crippen LogP contribution in [0.3, 0.4) is 0 Å². The SMILES string of the molecule is COC(C)C(=O)N1N=C(c2cc(F)ccc2F)SC1(CCC(N)=NCCF)c1ccccc1. The zero-order chi connectivity index (χ0) is 24.0. The van der Waals surface area contributed by atoms with Crippen LogP contribution in [-0.2, 0) is 14.4 Å². The molecule has 2 unspecified atom stereocenters. The molecule has 2 N–H and O–H groups in total. The van der Waals surface area contributed by atoms with Crippen molar-refractivity contribution in [3.05, 3.63) is 71.3 Å². The van der Waals surface area contributed by atoms with E-state index in [2.05, 4.69) is 10.1 Å². The maximum absolute atomic E-state index is 14.6. The minimum absolute atomic E-state index is 0.0558. The quantitative estimate of drug-likeness (QED) is 0.433. The first-order valence-corrected chi connectivity index (χ1v) is 11.1. The molecule has 0 spiro atoms. The summed E-state index contributed by atoms with van der Waals surface area (Å²) in [5, 5.41) is 5.83. The summed E-state index contributed by atoms with van der Waals surface area (Å²) in [6.07, 6.45) is -0.372. The molecule has 10 heteroatoms. The number of hydrogen-bond donors (Lipinski definition) is 1. The fraction of sp³-hybridized carbons (Fsp3) is 0.348. The van der Waals surface area contributed by atoms with Gasteiger partial charge in [0.05, 0.1) is 12.4 Å². The second kappa shape index (κ2) is 10.8. The van der Waals surface area contributed by atoms with Gasteiger partial charge in [0.2, 0.25) is 0 Å². The molecule has 1 amide bonds. The average molecular weight is 479 g/mol. The molecule has 0 aromatic heterocycles. The zero-order valence-corrected chi connectivity index (χ0v) is 19.1. The van der Waals surface area contributed by atoms with Gasteiger partial charge in [-0.05, 0) is 37.1 Å². The number of carbonyl (C=O) groups excluding carboxylic acids is 1. The van der Waals surface area contributed by atoms with Crippen LogP contribution in [0.5, 0.6) is 0 Å². The molecule has 1 aliphatic rings. The van der Waals surface area contributed by atoms with Crippen molar-refractivity contribution < 1.29 is 22.7 Å². The lowest BCUT2D eigenvalue weighted by Crippen LogP contribution is -2.46. The van der Waals surface area contributed by atoms with Crippen LogP contribution in [0.15, 0.2) is 58.6 Å². The van der Waals surface area contributed by atoms with E-state index in [-0.39, 0.29) is 35.8 Å². The van der Waals surface area contributed by atoms with E-state index < -0.39 is 35.2 Å². The Kier molecular flexibility index (Phi) is 8.15. The van der Waals surface area contributed by atoms with Crippen molar-refractivity contribution in [3.8, 4) is 0 Å². The second-order valence-electron chi connectivity index (χ2n) is 7.37. The van der Waals surface area contributed by atoms with Gasteiger partial charge >= 0.3 is 0 Å². The average Bonchev–Trinajstić information content (AvgIpc) is 3.23. The monoisotopic (exact) mass is 478 g/mol. The molecule has 33 heavy (non-hydrogen) atoms. The number of rotatable bonds is 9. The standard InChI is InChI=1S/C23H25F3N4O2S/c1-15(32-2)22(31)30-23(16-6-4-3-5-7-16,11-10-20(27)28-13-12-24)33-21(29-30)18-14-17(25)8-9-19(18)26/h3-9,14-15H,10-13H2,1-2H3,(H2,27,28). The summed E-state index contributed by atoms with van der Waals surface area (Å²) >= 11 is 1.13. The molecule has 0 aliphatic carbocycles. The summed E-state index contributed by atoms with van der Waals surface area (Å²) in [4.78, 5) is 16.2. The number of carbonyl (C=O) groups is 1. The van der Waals surface area contributed by atoms with E-state index in [4.69, 9.17) is 10.5 Å². The van der Waals surface area contributed by atoms with E-state index >= 15 is 0 Å². The van der Waals surface area contributed by atoms with Crippen LogP contribution in [-0.4, -0.2) is 48.2 Å². The first kappa shape index (κ1) is 24.8. The predicted octanol–water partition coefficient (Wildman–Crippen LogP) is 4.20. The van der Waals surface area contributed by atoms with Crippen molar-refractivity contribution in [1.29, 1.82) is 0 Å². The van der Waals surface area contributed by atoms with Gasteiger partial charge in [-0.1, -0.05) is 42.1 Å². The van der Waals surface area contributed by atoms with Crippen molar-refractivity contribution >= 4 is 28.5 Å². The topological polar surface area (TPSA) is 80.3 Å². The van der Waals surface area contributed by atoms with E-state index in [9.17, 15) is 18.0 Å². The Morgan fingerprint density at radius 2 is 2.00 bits per heavy atom. The molecule has 2 aromatic rings. The third-order valence-corrected chi connectivity index (χ3v) is 6.66. The third-order valence-electron chi connectivity index (χ3n) is 5.21. The largest absolute Gasteiger partial charge is 0.387 e. The van der Waals surface area contributed by atoms with Crippen LogP contribution >= 0.6 is 11.8 Å². The lowest BCUT2D eigenvalue weighted by atomic mass is 9.99. The molecule has 0 radical (unpaired) electrons. The minimum Gasteiger partial charge on any atom is -0.387 e. The van der Waals surface area contributed by atoms with Gasteiger partial charge in [0, 0.05) is 19.1 Å². The number of nitrogens with two attached hydrogens (primary N) is 1. The molecule has 0 saturated heterocycles. The van der Waals surface area contributed by atoms with Gasteiger partial charge in [0.25, 0.3) is 5.91 Å². The molecule has 3 rings (SSSR count). The third kappa shape index (κ3) is 5.39. The number of hydrazone groups is 1. The Hall–Kier alpha value is -2.85. The van der Waals surface area contributed by atoms with Gasteiger partial charge in [-0.3, -0.25) is 9.79 Å². The summed E-state index contributed by atoms with van der Waals surface area (Å²) in [6.45, 7) is 0.883. The molecule has 176 valence electrons. The van der Waals surface area contributed by atoms with E-state index in [1.807, 2.05) is 18.2 Å². The van der Waals surface area contributed by atoms with Crippen LogP contribution in [0.25, 0.3) is 0 Å². The second-order valence-corrected chi connectivity index (χ2v) is 8.64. The number of halogens is 3. The van der Waals surface area contributed by atoms with E-state index in [1.165, 1.54) is 12.1 Å².